The number of nitrogens with one attached hydrogen (secondary N) is 2. The molecule has 2 N–H and O–H groups in total. The Bertz CT molecular complexity index is 1140. The van der Waals surface area contributed by atoms with Crippen LogP contribution in [0.1, 0.15) is 57.3 Å². The van der Waals surface area contributed by atoms with Gasteiger partial charge in [-0.3, -0.25) is 14.4 Å². The first-order valence-electron chi connectivity index (χ1n) is 11.5. The Morgan fingerprint density at radius 1 is 1.23 bits per heavy atom. The lowest BCUT2D eigenvalue weighted by Gasteiger charge is -2.27. The van der Waals surface area contributed by atoms with Gasteiger partial charge in [-0.05, 0) is 55.2 Å². The van der Waals surface area contributed by atoms with E-state index in [9.17, 15) is 22.8 Å². The molecule has 3 rings (SSSR count). The van der Waals surface area contributed by atoms with Crippen molar-refractivity contribution in [1.82, 2.24) is 19.9 Å². The summed E-state index contributed by atoms with van der Waals surface area (Å²) in [6, 6.07) is 4.12. The van der Waals surface area contributed by atoms with Gasteiger partial charge in [-0.15, -0.1) is 0 Å². The molecule has 2 aromatic rings. The summed E-state index contributed by atoms with van der Waals surface area (Å²) in [5.74, 6) is -1.22. The molecule has 0 aliphatic carbocycles. The standard InChI is InChI=1S/C24H32N4O5S2/c1-16-8-9-18(20(29)14-28(16)35(32,33)21-7-5-6-11-25-21)26-23(31)19(13-24(2,3)4)27-22(30)17-10-12-34-15-17/h5-7,10-12,15-16,18-19H,8-9,13-14H2,1-4H3,(H,26,31)(H,27,30). The second kappa shape index (κ2) is 11.0. The smallest absolute Gasteiger partial charge is 0.261 e. The van der Waals surface area contributed by atoms with Gasteiger partial charge in [-0.1, -0.05) is 26.8 Å². The molecule has 3 unspecified atom stereocenters. The first-order valence-corrected chi connectivity index (χ1v) is 13.9. The van der Waals surface area contributed by atoms with Crippen LogP contribution in [0, 0.1) is 5.41 Å². The topological polar surface area (TPSA) is 126 Å². The van der Waals surface area contributed by atoms with Gasteiger partial charge in [0.1, 0.15) is 6.04 Å². The Morgan fingerprint density at radius 3 is 2.57 bits per heavy atom. The molecule has 0 saturated carbocycles. The lowest BCUT2D eigenvalue weighted by Crippen LogP contribution is -2.53. The molecule has 11 heteroatoms. The minimum Gasteiger partial charge on any atom is -0.344 e. The maximum atomic E-state index is 13.2. The molecule has 1 fully saturated rings. The number of Topliss-reactive ketones (excluding diaryl/α,β-unsaturated/α-hetero) is 1. The Morgan fingerprint density at radius 2 is 1.97 bits per heavy atom. The third-order valence-electron chi connectivity index (χ3n) is 5.81. The molecule has 0 bridgehead atoms. The van der Waals surface area contributed by atoms with Crippen LogP contribution in [0.15, 0.2) is 46.2 Å². The number of amides is 2. The van der Waals surface area contributed by atoms with Gasteiger partial charge >= 0.3 is 0 Å². The number of carbonyl (C=O) groups is 3. The van der Waals surface area contributed by atoms with Crippen molar-refractivity contribution in [2.75, 3.05) is 6.54 Å². The normalized spacial score (nSPS) is 20.6. The van der Waals surface area contributed by atoms with E-state index in [1.54, 1.807) is 35.9 Å². The quantitative estimate of drug-likeness (QED) is 0.578. The van der Waals surface area contributed by atoms with Crippen molar-refractivity contribution in [3.05, 3.63) is 46.8 Å². The first-order chi connectivity index (χ1) is 16.4. The number of carbonyl (C=O) groups excluding carboxylic acids is 3. The lowest BCUT2D eigenvalue weighted by molar-refractivity contribution is -0.129. The maximum Gasteiger partial charge on any atom is 0.261 e. The summed E-state index contributed by atoms with van der Waals surface area (Å²) >= 11 is 1.38. The molecule has 0 spiro atoms. The van der Waals surface area contributed by atoms with Crippen molar-refractivity contribution in [2.45, 2.75) is 70.1 Å². The van der Waals surface area contributed by atoms with Crippen LogP contribution < -0.4 is 10.6 Å². The predicted molar refractivity (Wildman–Crippen MR) is 133 cm³/mol. The molecular formula is C24H32N4O5S2. The van der Waals surface area contributed by atoms with Crippen LogP contribution in [-0.2, 0) is 19.6 Å². The average molecular weight is 521 g/mol. The van der Waals surface area contributed by atoms with Crippen molar-refractivity contribution in [3.8, 4) is 0 Å². The molecular weight excluding hydrogens is 488 g/mol. The molecule has 2 amide bonds. The molecule has 3 heterocycles. The lowest BCUT2D eigenvalue weighted by atomic mass is 9.87. The van der Waals surface area contributed by atoms with Gasteiger partial charge in [0.2, 0.25) is 5.91 Å². The third-order valence-corrected chi connectivity index (χ3v) is 8.37. The number of thiophene rings is 1. The SMILES string of the molecule is CC1CCC(NC(=O)C(CC(C)(C)C)NC(=O)c2ccsc2)C(=O)CN1S(=O)(=O)c1ccccn1. The summed E-state index contributed by atoms with van der Waals surface area (Å²) in [7, 11) is -3.97. The fourth-order valence-electron chi connectivity index (χ4n) is 3.96. The number of hydrogen-bond acceptors (Lipinski definition) is 7. The highest BCUT2D eigenvalue weighted by Crippen LogP contribution is 2.24. The fourth-order valence-corrected chi connectivity index (χ4v) is 6.15. The second-order valence-electron chi connectivity index (χ2n) is 9.97. The van der Waals surface area contributed by atoms with Gasteiger partial charge in [0.05, 0.1) is 18.2 Å². The van der Waals surface area contributed by atoms with E-state index < -0.39 is 39.8 Å². The minimum absolute atomic E-state index is 0.122. The van der Waals surface area contributed by atoms with Crippen LogP contribution in [0.5, 0.6) is 0 Å². The zero-order valence-corrected chi connectivity index (χ0v) is 22.0. The van der Waals surface area contributed by atoms with E-state index in [0.29, 0.717) is 24.8 Å². The van der Waals surface area contributed by atoms with E-state index >= 15 is 0 Å². The van der Waals surface area contributed by atoms with E-state index in [1.165, 1.54) is 23.6 Å². The number of hydrogen-bond donors (Lipinski definition) is 2. The van der Waals surface area contributed by atoms with Gasteiger partial charge in [0.15, 0.2) is 10.8 Å². The molecule has 35 heavy (non-hydrogen) atoms. The highest BCUT2D eigenvalue weighted by Gasteiger charge is 2.38. The number of ketones is 1. The molecule has 0 aromatic carbocycles. The summed E-state index contributed by atoms with van der Waals surface area (Å²) in [5, 5.41) is 8.93. The van der Waals surface area contributed by atoms with Gasteiger partial charge in [0.25, 0.3) is 15.9 Å². The highest BCUT2D eigenvalue weighted by molar-refractivity contribution is 7.89. The molecule has 1 aliphatic rings. The number of rotatable bonds is 7. The van der Waals surface area contributed by atoms with Crippen LogP contribution >= 0.6 is 11.3 Å². The van der Waals surface area contributed by atoms with E-state index in [-0.39, 0.29) is 22.9 Å². The van der Waals surface area contributed by atoms with E-state index in [1.807, 2.05) is 20.8 Å². The molecule has 9 nitrogen and oxygen atoms in total. The van der Waals surface area contributed by atoms with Gasteiger partial charge in [-0.2, -0.15) is 15.6 Å². The van der Waals surface area contributed by atoms with Crippen LogP contribution in [0.3, 0.4) is 0 Å². The van der Waals surface area contributed by atoms with Crippen molar-refractivity contribution in [3.63, 3.8) is 0 Å². The molecule has 190 valence electrons. The van der Waals surface area contributed by atoms with Crippen LogP contribution in [0.2, 0.25) is 0 Å². The minimum atomic E-state index is -3.97. The van der Waals surface area contributed by atoms with Crippen molar-refractivity contribution < 1.29 is 22.8 Å². The Kier molecular flexibility index (Phi) is 8.45. The molecule has 3 atom stereocenters. The van der Waals surface area contributed by atoms with Crippen LogP contribution in [0.4, 0.5) is 0 Å². The Hall–Kier alpha value is -2.63. The maximum absolute atomic E-state index is 13.2. The van der Waals surface area contributed by atoms with Crippen molar-refractivity contribution in [1.29, 1.82) is 0 Å². The van der Waals surface area contributed by atoms with Crippen LogP contribution in [0.25, 0.3) is 0 Å². The van der Waals surface area contributed by atoms with E-state index in [4.69, 9.17) is 0 Å². The number of nitrogens with zero attached hydrogens (tertiary/aromatic N) is 2. The molecule has 1 aliphatic heterocycles. The third kappa shape index (κ3) is 6.96. The molecule has 0 radical (unpaired) electrons. The largest absolute Gasteiger partial charge is 0.344 e. The first kappa shape index (κ1) is 27.0. The zero-order valence-electron chi connectivity index (χ0n) is 20.4. The second-order valence-corrected chi connectivity index (χ2v) is 12.6. The van der Waals surface area contributed by atoms with E-state index in [0.717, 1.165) is 4.31 Å². The number of aromatic nitrogens is 1. The number of pyridine rings is 1. The van der Waals surface area contributed by atoms with E-state index in [2.05, 4.69) is 15.6 Å². The number of sulfonamides is 1. The van der Waals surface area contributed by atoms with Crippen molar-refractivity contribution in [2.24, 2.45) is 5.41 Å². The summed E-state index contributed by atoms with van der Waals surface area (Å²) in [6.45, 7) is 7.26. The molecule has 1 saturated heterocycles. The highest BCUT2D eigenvalue weighted by atomic mass is 32.2. The Labute approximate surface area is 210 Å². The molecule has 2 aromatic heterocycles. The fraction of sp³-hybridized carbons (Fsp3) is 0.500. The van der Waals surface area contributed by atoms with Crippen molar-refractivity contribution >= 4 is 39.0 Å². The van der Waals surface area contributed by atoms with Gasteiger partial charge in [0, 0.05) is 17.6 Å². The predicted octanol–water partition coefficient (Wildman–Crippen LogP) is 2.60. The zero-order chi connectivity index (χ0) is 25.8. The monoisotopic (exact) mass is 520 g/mol. The summed E-state index contributed by atoms with van der Waals surface area (Å²) in [6.07, 6.45) is 2.43. The summed E-state index contributed by atoms with van der Waals surface area (Å²) in [4.78, 5) is 42.8. The van der Waals surface area contributed by atoms with Gasteiger partial charge < -0.3 is 10.6 Å². The Balaban J connectivity index is 1.74. The summed E-state index contributed by atoms with van der Waals surface area (Å²) in [5.41, 5.74) is 0.205. The van der Waals surface area contributed by atoms with Gasteiger partial charge in [-0.25, -0.2) is 13.4 Å². The average Bonchev–Trinajstić information content (AvgIpc) is 3.29. The summed E-state index contributed by atoms with van der Waals surface area (Å²) < 4.78 is 27.3. The van der Waals surface area contributed by atoms with Crippen LogP contribution in [-0.4, -0.2) is 60.0 Å².